The number of aliphatic hydroxyl groups is 1. The molecule has 3 aliphatic rings. The first-order chi connectivity index (χ1) is 20.1. The Labute approximate surface area is 242 Å². The van der Waals surface area contributed by atoms with Gasteiger partial charge in [0, 0.05) is 43.0 Å². The summed E-state index contributed by atoms with van der Waals surface area (Å²) in [4.78, 5) is 62.2. The van der Waals surface area contributed by atoms with Crippen LogP contribution in [0, 0.1) is 5.41 Å². The van der Waals surface area contributed by atoms with E-state index in [-0.39, 0.29) is 57.4 Å². The summed E-state index contributed by atoms with van der Waals surface area (Å²) in [5, 5.41) is 14.0. The van der Waals surface area contributed by atoms with Crippen LogP contribution >= 0.6 is 0 Å². The first-order valence-electron chi connectivity index (χ1n) is 13.5. The molecule has 0 saturated carbocycles. The standard InChI is InChI=1S/C29H34N2O11/c1-29(2)15-38-28(37)25(29)42-23(34)8-7-17-5-3-4-6-19(17)27(36)41-21-14-18(13-20-24(21)40-16-39-20)26(35)31-10-9-22(33)30-11-12-32/h3-8,13,20-21,24-25,32H,9-12,14-16H2,1-2H3,(H,30,33)(H,31,35). The Kier molecular flexibility index (Phi) is 10.1. The molecule has 2 fully saturated rings. The van der Waals surface area contributed by atoms with Gasteiger partial charge in [-0.1, -0.05) is 32.0 Å². The zero-order valence-corrected chi connectivity index (χ0v) is 23.3. The molecule has 2 saturated heterocycles. The number of cyclic esters (lactones) is 1. The third-order valence-electron chi connectivity index (χ3n) is 6.94. The van der Waals surface area contributed by atoms with Crippen molar-refractivity contribution in [3.8, 4) is 0 Å². The molecule has 226 valence electrons. The fourth-order valence-corrected chi connectivity index (χ4v) is 4.69. The summed E-state index contributed by atoms with van der Waals surface area (Å²) in [5.41, 5.74) is 0.189. The Hall–Kier alpha value is -4.07. The minimum atomic E-state index is -1.04. The summed E-state index contributed by atoms with van der Waals surface area (Å²) in [6.07, 6.45) is 1.09. The second-order valence-corrected chi connectivity index (χ2v) is 10.6. The highest BCUT2D eigenvalue weighted by Gasteiger charge is 2.46. The number of amides is 2. The molecule has 4 unspecified atom stereocenters. The SMILES string of the molecule is CC1(C)COC(=O)C1OC(=O)C=Cc1ccccc1C(=O)OC1CC(C(=O)NCCC(=O)NCCO)=CC2OCOC21. The molecule has 0 aromatic heterocycles. The highest BCUT2D eigenvalue weighted by molar-refractivity contribution is 5.97. The van der Waals surface area contributed by atoms with E-state index in [1.54, 1.807) is 38.1 Å². The molecular formula is C29H34N2O11. The molecule has 1 aliphatic carbocycles. The van der Waals surface area contributed by atoms with Gasteiger partial charge in [0.25, 0.3) is 0 Å². The zero-order chi connectivity index (χ0) is 30.3. The summed E-state index contributed by atoms with van der Waals surface area (Å²) in [7, 11) is 0. The van der Waals surface area contributed by atoms with Gasteiger partial charge in [0.1, 0.15) is 31.7 Å². The molecule has 1 aromatic rings. The van der Waals surface area contributed by atoms with E-state index in [9.17, 15) is 24.0 Å². The fourth-order valence-electron chi connectivity index (χ4n) is 4.69. The van der Waals surface area contributed by atoms with Crippen LogP contribution < -0.4 is 10.6 Å². The highest BCUT2D eigenvalue weighted by Crippen LogP contribution is 2.32. The van der Waals surface area contributed by atoms with Crippen LogP contribution in [0.1, 0.15) is 42.6 Å². The molecule has 0 spiro atoms. The summed E-state index contributed by atoms with van der Waals surface area (Å²) < 4.78 is 27.3. The van der Waals surface area contributed by atoms with Gasteiger partial charge in [-0.3, -0.25) is 9.59 Å². The average molecular weight is 587 g/mol. The van der Waals surface area contributed by atoms with E-state index in [4.69, 9.17) is 28.8 Å². The first kappa shape index (κ1) is 30.9. The number of aliphatic hydroxyl groups excluding tert-OH is 1. The van der Waals surface area contributed by atoms with Gasteiger partial charge < -0.3 is 39.4 Å². The summed E-state index contributed by atoms with van der Waals surface area (Å²) in [5.74, 6) is -2.83. The fraction of sp³-hybridized carbons (Fsp3) is 0.483. The van der Waals surface area contributed by atoms with Crippen LogP contribution in [-0.2, 0) is 42.9 Å². The highest BCUT2D eigenvalue weighted by atomic mass is 16.7. The topological polar surface area (TPSA) is 176 Å². The van der Waals surface area contributed by atoms with Gasteiger partial charge in [-0.25, -0.2) is 14.4 Å². The molecule has 4 rings (SSSR count). The van der Waals surface area contributed by atoms with Gasteiger partial charge in [0.05, 0.1) is 12.2 Å². The lowest BCUT2D eigenvalue weighted by Gasteiger charge is -2.30. The number of rotatable bonds is 11. The van der Waals surface area contributed by atoms with Gasteiger partial charge in [0.2, 0.25) is 17.9 Å². The molecule has 0 radical (unpaired) electrons. The molecule has 42 heavy (non-hydrogen) atoms. The van der Waals surface area contributed by atoms with Crippen LogP contribution in [0.4, 0.5) is 0 Å². The monoisotopic (exact) mass is 586 g/mol. The molecule has 13 heteroatoms. The molecular weight excluding hydrogens is 552 g/mol. The Morgan fingerprint density at radius 3 is 2.62 bits per heavy atom. The molecule has 0 bridgehead atoms. The van der Waals surface area contributed by atoms with Crippen LogP contribution in [0.15, 0.2) is 42.0 Å². The number of fused-ring (bicyclic) bond motifs is 1. The van der Waals surface area contributed by atoms with Crippen LogP contribution in [0.3, 0.4) is 0 Å². The Morgan fingerprint density at radius 2 is 1.88 bits per heavy atom. The number of nitrogens with one attached hydrogen (secondary N) is 2. The largest absolute Gasteiger partial charge is 0.462 e. The van der Waals surface area contributed by atoms with E-state index in [1.165, 1.54) is 12.1 Å². The van der Waals surface area contributed by atoms with Crippen LogP contribution in [-0.4, -0.2) is 92.3 Å². The smallest absolute Gasteiger partial charge is 0.348 e. The number of hydrogen-bond acceptors (Lipinski definition) is 11. The Morgan fingerprint density at radius 1 is 1.10 bits per heavy atom. The Bertz CT molecular complexity index is 1270. The molecule has 3 N–H and O–H groups in total. The molecule has 1 aromatic carbocycles. The van der Waals surface area contributed by atoms with Crippen molar-refractivity contribution >= 4 is 35.8 Å². The van der Waals surface area contributed by atoms with Crippen LogP contribution in [0.25, 0.3) is 6.08 Å². The molecule has 13 nitrogen and oxygen atoms in total. The van der Waals surface area contributed by atoms with Crippen molar-refractivity contribution in [2.24, 2.45) is 5.41 Å². The van der Waals surface area contributed by atoms with Gasteiger partial charge in [-0.15, -0.1) is 0 Å². The zero-order valence-electron chi connectivity index (χ0n) is 23.3. The molecule has 4 atom stereocenters. The van der Waals surface area contributed by atoms with Crippen molar-refractivity contribution in [3.63, 3.8) is 0 Å². The van der Waals surface area contributed by atoms with E-state index in [2.05, 4.69) is 10.6 Å². The average Bonchev–Trinajstić information content (AvgIpc) is 3.55. The lowest BCUT2D eigenvalue weighted by Crippen LogP contribution is -2.43. The second kappa shape index (κ2) is 13.7. The molecule has 2 amide bonds. The normalized spacial score (nSPS) is 24.4. The first-order valence-corrected chi connectivity index (χ1v) is 13.5. The number of esters is 3. The number of hydrogen-bond donors (Lipinski definition) is 3. The van der Waals surface area contributed by atoms with E-state index in [0.717, 1.165) is 6.08 Å². The summed E-state index contributed by atoms with van der Waals surface area (Å²) in [6.45, 7) is 3.63. The van der Waals surface area contributed by atoms with Crippen LogP contribution in [0.2, 0.25) is 0 Å². The van der Waals surface area contributed by atoms with E-state index >= 15 is 0 Å². The minimum Gasteiger partial charge on any atom is -0.462 e. The Balaban J connectivity index is 1.39. The van der Waals surface area contributed by atoms with Gasteiger partial charge in [0.15, 0.2) is 0 Å². The van der Waals surface area contributed by atoms with Crippen molar-refractivity contribution in [1.29, 1.82) is 0 Å². The van der Waals surface area contributed by atoms with Gasteiger partial charge >= 0.3 is 17.9 Å². The lowest BCUT2D eigenvalue weighted by atomic mass is 9.90. The number of ether oxygens (including phenoxy) is 5. The summed E-state index contributed by atoms with van der Waals surface area (Å²) >= 11 is 0. The summed E-state index contributed by atoms with van der Waals surface area (Å²) in [6, 6.07) is 6.46. The minimum absolute atomic E-state index is 0.0312. The maximum atomic E-state index is 13.3. The third kappa shape index (κ3) is 7.60. The van der Waals surface area contributed by atoms with Crippen molar-refractivity contribution in [2.45, 2.75) is 51.1 Å². The van der Waals surface area contributed by atoms with E-state index in [0.29, 0.717) is 11.1 Å². The van der Waals surface area contributed by atoms with Crippen molar-refractivity contribution in [2.75, 3.05) is 33.1 Å². The number of carbonyl (C=O) groups is 5. The molecule has 2 heterocycles. The van der Waals surface area contributed by atoms with Crippen molar-refractivity contribution in [1.82, 2.24) is 10.6 Å². The number of benzene rings is 1. The van der Waals surface area contributed by atoms with E-state index in [1.807, 2.05) is 0 Å². The quantitative estimate of drug-likeness (QED) is 0.186. The van der Waals surface area contributed by atoms with Crippen molar-refractivity contribution < 1.29 is 52.8 Å². The lowest BCUT2D eigenvalue weighted by molar-refractivity contribution is -0.159. The van der Waals surface area contributed by atoms with E-state index < -0.39 is 53.6 Å². The maximum absolute atomic E-state index is 13.3. The van der Waals surface area contributed by atoms with Crippen molar-refractivity contribution in [3.05, 3.63) is 53.1 Å². The van der Waals surface area contributed by atoms with Gasteiger partial charge in [-0.05, 0) is 23.8 Å². The van der Waals surface area contributed by atoms with Gasteiger partial charge in [-0.2, -0.15) is 0 Å². The maximum Gasteiger partial charge on any atom is 0.348 e. The predicted molar refractivity (Wildman–Crippen MR) is 144 cm³/mol. The third-order valence-corrected chi connectivity index (χ3v) is 6.94. The molecule has 2 aliphatic heterocycles. The van der Waals surface area contributed by atoms with Crippen LogP contribution in [0.5, 0.6) is 0 Å². The number of carbonyl (C=O) groups excluding carboxylic acids is 5. The second-order valence-electron chi connectivity index (χ2n) is 10.6. The predicted octanol–water partition coefficient (Wildman–Crippen LogP) is 0.406.